The van der Waals surface area contributed by atoms with Crippen LogP contribution in [-0.4, -0.2) is 21.8 Å². The van der Waals surface area contributed by atoms with Crippen LogP contribution in [0.4, 0.5) is 0 Å². The maximum atomic E-state index is 13.3. The second-order valence-electron chi connectivity index (χ2n) is 8.43. The fourth-order valence-corrected chi connectivity index (χ4v) is 12.2. The molecule has 1 aliphatic rings. The van der Waals surface area contributed by atoms with Gasteiger partial charge < -0.3 is 0 Å². The summed E-state index contributed by atoms with van der Waals surface area (Å²) >= 11 is 0. The average molecular weight is 358 g/mol. The molecule has 1 saturated heterocycles. The third kappa shape index (κ3) is 3.44. The predicted octanol–water partition coefficient (Wildman–Crippen LogP) is 6.11. The van der Waals surface area contributed by atoms with Gasteiger partial charge in [0.05, 0.1) is 10.3 Å². The van der Waals surface area contributed by atoms with Crippen LogP contribution in [0.5, 0.6) is 0 Å². The van der Waals surface area contributed by atoms with Crippen LogP contribution in [0.25, 0.3) is 0 Å². The maximum absolute atomic E-state index is 13.3. The van der Waals surface area contributed by atoms with Gasteiger partial charge in [0.1, 0.15) is 7.34 Å². The van der Waals surface area contributed by atoms with E-state index in [1.54, 1.807) is 41.5 Å². The van der Waals surface area contributed by atoms with E-state index in [1.165, 1.54) is 0 Å². The molecule has 0 bridgehead atoms. The van der Waals surface area contributed by atoms with Gasteiger partial charge >= 0.3 is 15.2 Å². The summed E-state index contributed by atoms with van der Waals surface area (Å²) in [7, 11) is -10.2. The van der Waals surface area contributed by atoms with Gasteiger partial charge in [-0.3, -0.25) is 17.8 Å². The van der Waals surface area contributed by atoms with Crippen molar-refractivity contribution < 1.29 is 22.1 Å². The van der Waals surface area contributed by atoms with Gasteiger partial charge in [-0.1, -0.05) is 27.1 Å². The van der Waals surface area contributed by atoms with Crippen molar-refractivity contribution in [3.05, 3.63) is 0 Å². The fraction of sp³-hybridized carbons (Fsp3) is 0.923. The van der Waals surface area contributed by atoms with Gasteiger partial charge in [0.15, 0.2) is 0 Å². The van der Waals surface area contributed by atoms with Crippen molar-refractivity contribution in [2.24, 2.45) is 0 Å². The molecule has 0 N–H and O–H groups in total. The molecule has 0 saturated carbocycles. The van der Waals surface area contributed by atoms with Crippen LogP contribution in [-0.2, 0) is 22.1 Å². The fourth-order valence-electron chi connectivity index (χ4n) is 1.27. The van der Waals surface area contributed by atoms with Gasteiger partial charge in [-0.25, -0.2) is 4.31 Å². The Hall–Kier alpha value is 0.640. The Kier molecular flexibility index (Phi) is 4.75. The molecule has 2 unspecified atom stereocenters. The van der Waals surface area contributed by atoms with E-state index < -0.39 is 38.0 Å². The summed E-state index contributed by atoms with van der Waals surface area (Å²) in [6, 6.07) is 0. The standard InChI is InChI=1S/C13H29O5P3/c1-11(2,3)19(10)16-20(14,12(4,5)6)18-21(15,17-19)13(7,8)9/h10H2,1-9H3. The first-order chi connectivity index (χ1) is 8.87. The van der Waals surface area contributed by atoms with Crippen molar-refractivity contribution in [2.75, 3.05) is 0 Å². The summed E-state index contributed by atoms with van der Waals surface area (Å²) in [4.78, 5) is 0. The van der Waals surface area contributed by atoms with E-state index in [9.17, 15) is 9.13 Å². The van der Waals surface area contributed by atoms with Crippen LogP contribution in [0.1, 0.15) is 62.3 Å². The predicted molar refractivity (Wildman–Crippen MR) is 91.8 cm³/mol. The quantitative estimate of drug-likeness (QED) is 0.489. The largest absolute Gasteiger partial charge is 0.348 e. The molecule has 0 aromatic rings. The normalized spacial score (nSPS) is 39.3. The molecule has 8 heteroatoms. The molecule has 1 heterocycles. The molecule has 1 aliphatic heterocycles. The lowest BCUT2D eigenvalue weighted by atomic mass is 10.3. The third-order valence-electron chi connectivity index (χ3n) is 3.36. The molecule has 0 spiro atoms. The van der Waals surface area contributed by atoms with Gasteiger partial charge in [-0.2, -0.15) is 0 Å². The van der Waals surface area contributed by atoms with E-state index in [2.05, 4.69) is 6.30 Å². The molecule has 1 fully saturated rings. The lowest BCUT2D eigenvalue weighted by Crippen LogP contribution is -2.30. The highest BCUT2D eigenvalue weighted by Gasteiger charge is 2.60. The lowest BCUT2D eigenvalue weighted by Gasteiger charge is -2.49. The third-order valence-corrected chi connectivity index (χ3v) is 14.2. The zero-order valence-corrected chi connectivity index (χ0v) is 17.3. The Labute approximate surface area is 129 Å². The number of hydrogen-bond acceptors (Lipinski definition) is 5. The molecule has 0 radical (unpaired) electrons. The van der Waals surface area contributed by atoms with Gasteiger partial charge in [0.2, 0.25) is 0 Å². The molecule has 0 aliphatic carbocycles. The van der Waals surface area contributed by atoms with Crippen LogP contribution in [0.2, 0.25) is 0 Å². The van der Waals surface area contributed by atoms with E-state index in [0.717, 1.165) is 0 Å². The van der Waals surface area contributed by atoms with Crippen LogP contribution < -0.4 is 0 Å². The number of rotatable bonds is 0. The molecule has 126 valence electrons. The van der Waals surface area contributed by atoms with Gasteiger partial charge in [0, 0.05) is 5.16 Å². The summed E-state index contributed by atoms with van der Waals surface area (Å²) in [5, 5.41) is -2.11. The second-order valence-corrected chi connectivity index (χ2v) is 17.7. The number of hydrogen-bond donors (Lipinski definition) is 0. The molecule has 0 aromatic carbocycles. The van der Waals surface area contributed by atoms with E-state index in [4.69, 9.17) is 12.9 Å². The van der Waals surface area contributed by atoms with Crippen molar-refractivity contribution in [1.82, 2.24) is 0 Å². The van der Waals surface area contributed by atoms with Gasteiger partial charge in [-0.05, 0) is 41.5 Å². The molecular formula is C13H29O5P3. The minimum absolute atomic E-state index is 0.515. The zero-order valence-electron chi connectivity index (χ0n) is 14.6. The smallest absolute Gasteiger partial charge is 0.261 e. The first-order valence-corrected chi connectivity index (χ1v) is 11.8. The molecule has 2 atom stereocenters. The molecular weight excluding hydrogens is 329 g/mol. The van der Waals surface area contributed by atoms with Gasteiger partial charge in [0.25, 0.3) is 0 Å². The van der Waals surface area contributed by atoms with E-state index in [-0.39, 0.29) is 0 Å². The first kappa shape index (κ1) is 19.7. The van der Waals surface area contributed by atoms with Crippen molar-refractivity contribution in [3.8, 4) is 0 Å². The molecule has 0 amide bonds. The second kappa shape index (κ2) is 5.07. The van der Waals surface area contributed by atoms with Crippen molar-refractivity contribution in [1.29, 1.82) is 0 Å². The topological polar surface area (TPSA) is 61.8 Å². The van der Waals surface area contributed by atoms with Crippen LogP contribution in [0.15, 0.2) is 0 Å². The van der Waals surface area contributed by atoms with Gasteiger partial charge in [-0.15, -0.1) is 0 Å². The summed E-state index contributed by atoms with van der Waals surface area (Å²) in [6.45, 7) is 16.2. The highest BCUT2D eigenvalue weighted by atomic mass is 31.3. The van der Waals surface area contributed by atoms with E-state index in [1.807, 2.05) is 20.8 Å². The first-order valence-electron chi connectivity index (χ1n) is 6.95. The molecule has 0 aromatic heterocycles. The summed E-state index contributed by atoms with van der Waals surface area (Å²) in [6.07, 6.45) is 4.06. The summed E-state index contributed by atoms with van der Waals surface area (Å²) < 4.78 is 43.7. The maximum Gasteiger partial charge on any atom is 0.348 e. The van der Waals surface area contributed by atoms with Crippen LogP contribution in [0, 0.1) is 0 Å². The SMILES string of the molecule is C=P1(C(C)(C)C)OP(=O)(C(C)(C)C)OP(=O)(C(C)(C)C)O1. The Morgan fingerprint density at radius 3 is 1.10 bits per heavy atom. The molecule has 1 rings (SSSR count). The Bertz CT molecular complexity index is 461. The Morgan fingerprint density at radius 2 is 0.905 bits per heavy atom. The summed E-state index contributed by atoms with van der Waals surface area (Å²) in [5.74, 6) is 0. The van der Waals surface area contributed by atoms with E-state index in [0.29, 0.717) is 0 Å². The highest BCUT2D eigenvalue weighted by molar-refractivity contribution is 7.85. The molecule has 21 heavy (non-hydrogen) atoms. The van der Waals surface area contributed by atoms with Crippen LogP contribution in [0.3, 0.4) is 0 Å². The van der Waals surface area contributed by atoms with Crippen molar-refractivity contribution in [3.63, 3.8) is 0 Å². The van der Waals surface area contributed by atoms with Crippen molar-refractivity contribution >= 4 is 28.8 Å². The minimum atomic E-state index is -3.63. The van der Waals surface area contributed by atoms with Crippen molar-refractivity contribution in [2.45, 2.75) is 77.8 Å². The lowest BCUT2D eigenvalue weighted by molar-refractivity contribution is 0.267. The summed E-state index contributed by atoms with van der Waals surface area (Å²) in [5.41, 5.74) is 0. The minimum Gasteiger partial charge on any atom is -0.261 e. The average Bonchev–Trinajstić information content (AvgIpc) is 2.09. The Morgan fingerprint density at radius 1 is 0.619 bits per heavy atom. The Balaban J connectivity index is 3.56. The van der Waals surface area contributed by atoms with E-state index >= 15 is 0 Å². The monoisotopic (exact) mass is 358 g/mol. The molecule has 5 nitrogen and oxygen atoms in total. The zero-order chi connectivity index (χ0) is 17.1. The highest BCUT2D eigenvalue weighted by Crippen LogP contribution is 2.89. The van der Waals surface area contributed by atoms with Crippen LogP contribution >= 0.6 is 22.5 Å².